The standard InChI is InChI=1S/C27H16ClF5N4O2/c1-12-20(10-34-11-35-12)13-6-19-23(24(37-26(19)39)18-9-16(29)2-3-21(18)28)22(7-13)36-25(38)14-4-15(27(31,32)33)8-17(30)5-14/h2-11,24H,1H3,(H,36,38)(H,37,39). The number of nitrogens with one attached hydrogen (secondary N) is 2. The fourth-order valence-electron chi connectivity index (χ4n) is 4.41. The summed E-state index contributed by atoms with van der Waals surface area (Å²) in [4.78, 5) is 34.3. The van der Waals surface area contributed by atoms with E-state index in [0.29, 0.717) is 29.0 Å². The van der Waals surface area contributed by atoms with E-state index in [9.17, 15) is 31.5 Å². The molecule has 2 amide bonds. The van der Waals surface area contributed by atoms with Crippen molar-refractivity contribution in [3.63, 3.8) is 0 Å². The average Bonchev–Trinajstić information content (AvgIpc) is 3.21. The second kappa shape index (κ2) is 9.73. The van der Waals surface area contributed by atoms with Gasteiger partial charge < -0.3 is 10.6 Å². The van der Waals surface area contributed by atoms with Crippen molar-refractivity contribution in [1.29, 1.82) is 0 Å². The molecule has 0 spiro atoms. The molecule has 0 bridgehead atoms. The van der Waals surface area contributed by atoms with Crippen LogP contribution in [0.4, 0.5) is 27.6 Å². The van der Waals surface area contributed by atoms with E-state index in [1.807, 2.05) is 0 Å². The first kappa shape index (κ1) is 26.2. The van der Waals surface area contributed by atoms with E-state index in [1.165, 1.54) is 30.7 Å². The molecule has 0 radical (unpaired) electrons. The number of benzene rings is 3. The van der Waals surface area contributed by atoms with Crippen LogP contribution in [0, 0.1) is 18.6 Å². The Kier molecular flexibility index (Phi) is 6.55. The number of carbonyl (C=O) groups is 2. The topological polar surface area (TPSA) is 84.0 Å². The van der Waals surface area contributed by atoms with Crippen molar-refractivity contribution >= 4 is 29.1 Å². The minimum absolute atomic E-state index is 0.0113. The van der Waals surface area contributed by atoms with Crippen LogP contribution >= 0.6 is 11.6 Å². The van der Waals surface area contributed by atoms with Crippen LogP contribution in [0.5, 0.6) is 0 Å². The first-order valence-electron chi connectivity index (χ1n) is 11.3. The van der Waals surface area contributed by atoms with Crippen LogP contribution < -0.4 is 10.6 Å². The van der Waals surface area contributed by atoms with E-state index in [2.05, 4.69) is 20.6 Å². The second-order valence-electron chi connectivity index (χ2n) is 8.76. The van der Waals surface area contributed by atoms with Gasteiger partial charge in [-0.15, -0.1) is 0 Å². The zero-order valence-electron chi connectivity index (χ0n) is 19.8. The Morgan fingerprint density at radius 1 is 1.03 bits per heavy atom. The van der Waals surface area contributed by atoms with Gasteiger partial charge in [0.15, 0.2) is 0 Å². The lowest BCUT2D eigenvalue weighted by molar-refractivity contribution is -0.137. The van der Waals surface area contributed by atoms with Crippen LogP contribution in [-0.2, 0) is 6.18 Å². The lowest BCUT2D eigenvalue weighted by Crippen LogP contribution is -2.21. The monoisotopic (exact) mass is 558 g/mol. The Bertz CT molecular complexity index is 1660. The van der Waals surface area contributed by atoms with E-state index in [4.69, 9.17) is 11.6 Å². The van der Waals surface area contributed by atoms with Crippen LogP contribution in [0.25, 0.3) is 11.1 Å². The van der Waals surface area contributed by atoms with Gasteiger partial charge >= 0.3 is 6.18 Å². The molecule has 0 saturated carbocycles. The van der Waals surface area contributed by atoms with Crippen molar-refractivity contribution in [2.24, 2.45) is 0 Å². The SMILES string of the molecule is Cc1ncncc1-c1cc(NC(=O)c2cc(F)cc(C(F)(F)F)c2)c2c(c1)C(=O)NC2c1cc(F)ccc1Cl. The molecule has 0 fully saturated rings. The van der Waals surface area contributed by atoms with Gasteiger partial charge in [0.2, 0.25) is 0 Å². The summed E-state index contributed by atoms with van der Waals surface area (Å²) in [6, 6.07) is 7.02. The summed E-state index contributed by atoms with van der Waals surface area (Å²) in [6.45, 7) is 1.70. The summed E-state index contributed by atoms with van der Waals surface area (Å²) in [7, 11) is 0. The number of hydrogen-bond donors (Lipinski definition) is 2. The van der Waals surface area contributed by atoms with Crippen LogP contribution in [0.2, 0.25) is 5.02 Å². The number of amides is 2. The Labute approximate surface area is 222 Å². The molecule has 6 nitrogen and oxygen atoms in total. The third kappa shape index (κ3) is 5.05. The number of alkyl halides is 3. The third-order valence-corrected chi connectivity index (χ3v) is 6.56. The molecule has 1 aliphatic heterocycles. The zero-order chi connectivity index (χ0) is 28.1. The summed E-state index contributed by atoms with van der Waals surface area (Å²) >= 11 is 6.30. The van der Waals surface area contributed by atoms with Gasteiger partial charge in [-0.1, -0.05) is 11.6 Å². The van der Waals surface area contributed by atoms with Crippen molar-refractivity contribution in [2.75, 3.05) is 5.32 Å². The van der Waals surface area contributed by atoms with E-state index in [1.54, 1.807) is 6.92 Å². The molecule has 5 rings (SSSR count). The first-order chi connectivity index (χ1) is 18.4. The van der Waals surface area contributed by atoms with Gasteiger partial charge in [-0.2, -0.15) is 13.2 Å². The molecule has 0 saturated heterocycles. The zero-order valence-corrected chi connectivity index (χ0v) is 20.6. The summed E-state index contributed by atoms with van der Waals surface area (Å²) < 4.78 is 67.9. The highest BCUT2D eigenvalue weighted by atomic mass is 35.5. The number of hydrogen-bond acceptors (Lipinski definition) is 4. The summed E-state index contributed by atoms with van der Waals surface area (Å²) in [5.74, 6) is -3.51. The van der Waals surface area contributed by atoms with Gasteiger partial charge in [0.1, 0.15) is 18.0 Å². The van der Waals surface area contributed by atoms with Crippen molar-refractivity contribution in [2.45, 2.75) is 19.1 Å². The lowest BCUT2D eigenvalue weighted by atomic mass is 9.92. The predicted molar refractivity (Wildman–Crippen MR) is 132 cm³/mol. The smallest absolute Gasteiger partial charge is 0.341 e. The minimum Gasteiger partial charge on any atom is -0.341 e. The second-order valence-corrected chi connectivity index (χ2v) is 9.17. The molecule has 4 aromatic rings. The van der Waals surface area contributed by atoms with Crippen LogP contribution in [0.15, 0.2) is 61.1 Å². The molecular weight excluding hydrogens is 543 g/mol. The van der Waals surface area contributed by atoms with Gasteiger partial charge in [-0.25, -0.2) is 18.7 Å². The Hall–Kier alpha value is -4.38. The summed E-state index contributed by atoms with van der Waals surface area (Å²) in [5.41, 5.74) is 0.0415. The number of halogens is 6. The van der Waals surface area contributed by atoms with Crippen LogP contribution in [0.3, 0.4) is 0 Å². The van der Waals surface area contributed by atoms with Gasteiger partial charge in [-0.05, 0) is 61.0 Å². The Morgan fingerprint density at radius 2 is 1.79 bits per heavy atom. The fraction of sp³-hybridized carbons (Fsp3) is 0.111. The maximum absolute atomic E-state index is 14.1. The highest BCUT2D eigenvalue weighted by Crippen LogP contribution is 2.42. The molecule has 2 heterocycles. The summed E-state index contributed by atoms with van der Waals surface area (Å²) in [5, 5.41) is 5.34. The van der Waals surface area contributed by atoms with E-state index >= 15 is 0 Å². The highest BCUT2D eigenvalue weighted by Gasteiger charge is 2.36. The van der Waals surface area contributed by atoms with Gasteiger partial charge in [0.25, 0.3) is 11.8 Å². The summed E-state index contributed by atoms with van der Waals surface area (Å²) in [6.07, 6.45) is -2.07. The lowest BCUT2D eigenvalue weighted by Gasteiger charge is -2.19. The van der Waals surface area contributed by atoms with Crippen molar-refractivity contribution in [1.82, 2.24) is 15.3 Å². The van der Waals surface area contributed by atoms with Gasteiger partial charge in [0, 0.05) is 50.4 Å². The molecule has 198 valence electrons. The highest BCUT2D eigenvalue weighted by molar-refractivity contribution is 6.31. The molecule has 1 aromatic heterocycles. The maximum atomic E-state index is 14.1. The van der Waals surface area contributed by atoms with Gasteiger partial charge in [0.05, 0.1) is 11.6 Å². The number of carbonyl (C=O) groups excluding carboxylic acids is 2. The molecule has 1 aliphatic rings. The van der Waals surface area contributed by atoms with Crippen molar-refractivity contribution in [3.8, 4) is 11.1 Å². The Balaban J connectivity index is 1.68. The number of aromatic nitrogens is 2. The normalized spacial score (nSPS) is 14.6. The first-order valence-corrected chi connectivity index (χ1v) is 11.7. The molecule has 0 aliphatic carbocycles. The maximum Gasteiger partial charge on any atom is 0.416 e. The number of rotatable bonds is 4. The quantitative estimate of drug-likeness (QED) is 0.281. The van der Waals surface area contributed by atoms with Gasteiger partial charge in [-0.3, -0.25) is 9.59 Å². The number of aryl methyl sites for hydroxylation is 1. The average molecular weight is 559 g/mol. The van der Waals surface area contributed by atoms with E-state index in [0.717, 1.165) is 12.1 Å². The molecular formula is C27H16ClF5N4O2. The van der Waals surface area contributed by atoms with E-state index in [-0.39, 0.29) is 33.5 Å². The number of fused-ring (bicyclic) bond motifs is 1. The minimum atomic E-state index is -4.89. The van der Waals surface area contributed by atoms with E-state index < -0.39 is 46.8 Å². The molecule has 2 N–H and O–H groups in total. The number of anilines is 1. The van der Waals surface area contributed by atoms with Crippen LogP contribution in [0.1, 0.15) is 49.1 Å². The molecule has 3 aromatic carbocycles. The Morgan fingerprint density at radius 3 is 2.51 bits per heavy atom. The van der Waals surface area contributed by atoms with Crippen molar-refractivity contribution in [3.05, 3.63) is 111 Å². The van der Waals surface area contributed by atoms with Crippen molar-refractivity contribution < 1.29 is 31.5 Å². The molecule has 1 unspecified atom stereocenters. The third-order valence-electron chi connectivity index (χ3n) is 6.22. The van der Waals surface area contributed by atoms with Crippen LogP contribution in [-0.4, -0.2) is 21.8 Å². The molecule has 12 heteroatoms. The molecule has 1 atom stereocenters. The predicted octanol–water partition coefficient (Wildman–Crippen LogP) is 6.49. The molecule has 39 heavy (non-hydrogen) atoms. The number of nitrogens with zero attached hydrogens (tertiary/aromatic N) is 2. The largest absolute Gasteiger partial charge is 0.416 e. The fourth-order valence-corrected chi connectivity index (χ4v) is 4.64.